The molecule has 0 N–H and O–H groups in total. The first-order chi connectivity index (χ1) is 5.41. The van der Waals surface area contributed by atoms with Crippen LogP contribution in [0.4, 0.5) is 4.39 Å². The molecule has 0 heterocycles. The molecule has 13 heavy (non-hydrogen) atoms. The Kier molecular flexibility index (Phi) is 5.06. The molecule has 0 fully saturated rings. The van der Waals surface area contributed by atoms with E-state index in [-0.39, 0.29) is 34.0 Å². The fourth-order valence-electron chi connectivity index (χ4n) is 0.678. The molecule has 0 saturated heterocycles. The van der Waals surface area contributed by atoms with Gasteiger partial charge in [-0.3, -0.25) is 0 Å². The van der Waals surface area contributed by atoms with E-state index in [1.165, 1.54) is 0 Å². The molecule has 0 radical (unpaired) electrons. The fourth-order valence-corrected chi connectivity index (χ4v) is 2.16. The van der Waals surface area contributed by atoms with E-state index < -0.39 is 20.8 Å². The molecule has 7 heteroatoms. The third kappa shape index (κ3) is 3.65. The van der Waals surface area contributed by atoms with Crippen molar-refractivity contribution in [3.05, 3.63) is 28.5 Å². The first-order valence-corrected chi connectivity index (χ1v) is 5.02. The molecule has 0 atom stereocenters. The van der Waals surface area contributed by atoms with Gasteiger partial charge in [-0.1, -0.05) is 0 Å². The minimum atomic E-state index is -4.51. The van der Waals surface area contributed by atoms with Crippen molar-refractivity contribution in [2.24, 2.45) is 0 Å². The molecule has 66 valence electrons. The molecule has 3 nitrogen and oxygen atoms in total. The van der Waals surface area contributed by atoms with Crippen molar-refractivity contribution in [1.29, 1.82) is 0 Å². The van der Waals surface area contributed by atoms with Gasteiger partial charge in [-0.15, -0.1) is 0 Å². The molecular weight excluding hydrogens is 274 g/mol. The van der Waals surface area contributed by atoms with Gasteiger partial charge in [0.05, 0.1) is 4.90 Å². The molecule has 0 unspecified atom stereocenters. The van der Waals surface area contributed by atoms with Crippen LogP contribution in [0.5, 0.6) is 0 Å². The van der Waals surface area contributed by atoms with Crippen LogP contribution in [0.15, 0.2) is 27.6 Å². The van der Waals surface area contributed by atoms with Gasteiger partial charge in [-0.05, 0) is 34.1 Å². The maximum atomic E-state index is 12.4. The van der Waals surface area contributed by atoms with Crippen LogP contribution in [0.2, 0.25) is 0 Å². The topological polar surface area (TPSA) is 57.2 Å². The number of halogens is 2. The maximum absolute atomic E-state index is 12.4. The second kappa shape index (κ2) is 4.86. The van der Waals surface area contributed by atoms with E-state index in [1.54, 1.807) is 0 Å². The van der Waals surface area contributed by atoms with Gasteiger partial charge in [0.1, 0.15) is 15.9 Å². The molecule has 0 amide bonds. The largest absolute Gasteiger partial charge is 1.00 e. The van der Waals surface area contributed by atoms with Gasteiger partial charge < -0.3 is 4.55 Å². The van der Waals surface area contributed by atoms with Crippen LogP contribution in [-0.4, -0.2) is 13.0 Å². The van der Waals surface area contributed by atoms with Crippen molar-refractivity contribution in [3.63, 3.8) is 0 Å². The monoisotopic (exact) mass is 276 g/mol. The van der Waals surface area contributed by atoms with E-state index >= 15 is 0 Å². The van der Waals surface area contributed by atoms with Crippen molar-refractivity contribution in [2.45, 2.75) is 4.90 Å². The summed E-state index contributed by atoms with van der Waals surface area (Å²) in [4.78, 5) is -0.455. The fraction of sp³-hybridized carbons (Fsp3) is 0. The smallest absolute Gasteiger partial charge is 0.744 e. The van der Waals surface area contributed by atoms with Crippen LogP contribution in [0.3, 0.4) is 0 Å². The summed E-state index contributed by atoms with van der Waals surface area (Å²) in [5.74, 6) is -0.603. The Balaban J connectivity index is 0.00000144. The second-order valence-electron chi connectivity index (χ2n) is 2.03. The van der Waals surface area contributed by atoms with Gasteiger partial charge in [-0.25, -0.2) is 12.8 Å². The Labute approximate surface area is 106 Å². The van der Waals surface area contributed by atoms with Gasteiger partial charge in [-0.2, -0.15) is 0 Å². The molecule has 1 aromatic rings. The second-order valence-corrected chi connectivity index (χ2v) is 4.23. The first-order valence-electron chi connectivity index (χ1n) is 2.82. The van der Waals surface area contributed by atoms with Crippen LogP contribution >= 0.6 is 15.9 Å². The van der Waals surface area contributed by atoms with Crippen LogP contribution in [0.1, 0.15) is 0 Å². The zero-order valence-corrected chi connectivity index (χ0v) is 11.0. The summed E-state index contributed by atoms with van der Waals surface area (Å²) in [6, 6.07) is 2.75. The van der Waals surface area contributed by atoms with Crippen LogP contribution in [0.25, 0.3) is 0 Å². The summed E-state index contributed by atoms with van der Waals surface area (Å²) < 4.78 is 43.7. The van der Waals surface area contributed by atoms with Gasteiger partial charge >= 0.3 is 29.6 Å². The standard InChI is InChI=1S/C6H4BrFO3S.Na/c7-5-3-4(8)1-2-6(5)12(9,10)11;/h1-3H,(H,9,10,11);/q;+1/p-1. The molecular formula is C6H3BrFNaO3S. The van der Waals surface area contributed by atoms with Crippen molar-refractivity contribution < 1.29 is 46.9 Å². The minimum Gasteiger partial charge on any atom is -0.744 e. The molecule has 1 aromatic carbocycles. The zero-order valence-electron chi connectivity index (χ0n) is 6.62. The van der Waals surface area contributed by atoms with Gasteiger partial charge in [0.25, 0.3) is 0 Å². The van der Waals surface area contributed by atoms with E-state index in [9.17, 15) is 17.4 Å². The van der Waals surface area contributed by atoms with E-state index in [2.05, 4.69) is 15.9 Å². The Bertz CT molecular complexity index is 406. The van der Waals surface area contributed by atoms with Crippen LogP contribution < -0.4 is 29.6 Å². The number of hydrogen-bond donors (Lipinski definition) is 0. The van der Waals surface area contributed by atoms with Gasteiger partial charge in [0.2, 0.25) is 0 Å². The average Bonchev–Trinajstić information content (AvgIpc) is 1.83. The summed E-state index contributed by atoms with van der Waals surface area (Å²) in [5.41, 5.74) is 0. The summed E-state index contributed by atoms with van der Waals surface area (Å²) >= 11 is 2.76. The minimum absolute atomic E-state index is 0. The molecule has 0 aliphatic carbocycles. The normalized spacial score (nSPS) is 10.7. The Morgan fingerprint density at radius 1 is 1.38 bits per heavy atom. The number of hydrogen-bond acceptors (Lipinski definition) is 3. The Morgan fingerprint density at radius 3 is 2.31 bits per heavy atom. The molecule has 1 rings (SSSR count). The number of rotatable bonds is 1. The summed E-state index contributed by atoms with van der Waals surface area (Å²) in [5, 5.41) is 0. The van der Waals surface area contributed by atoms with E-state index in [0.717, 1.165) is 18.2 Å². The summed E-state index contributed by atoms with van der Waals surface area (Å²) in [6.07, 6.45) is 0. The molecule has 0 aliphatic heterocycles. The molecule has 0 aromatic heterocycles. The Morgan fingerprint density at radius 2 is 1.92 bits per heavy atom. The van der Waals surface area contributed by atoms with Crippen molar-refractivity contribution >= 4 is 26.0 Å². The SMILES string of the molecule is O=S(=O)([O-])c1ccc(F)cc1Br.[Na+]. The maximum Gasteiger partial charge on any atom is 1.00 e. The number of benzene rings is 1. The van der Waals surface area contributed by atoms with E-state index in [4.69, 9.17) is 0 Å². The molecule has 0 spiro atoms. The molecule has 0 bridgehead atoms. The summed E-state index contributed by atoms with van der Waals surface area (Å²) in [6.45, 7) is 0. The Hall–Kier alpha value is 0.540. The quantitative estimate of drug-likeness (QED) is 0.463. The summed E-state index contributed by atoms with van der Waals surface area (Å²) in [7, 11) is -4.51. The first kappa shape index (κ1) is 13.5. The van der Waals surface area contributed by atoms with Crippen molar-refractivity contribution in [3.8, 4) is 0 Å². The van der Waals surface area contributed by atoms with Crippen molar-refractivity contribution in [2.75, 3.05) is 0 Å². The van der Waals surface area contributed by atoms with Gasteiger partial charge in [0.15, 0.2) is 0 Å². The van der Waals surface area contributed by atoms with Gasteiger partial charge in [0, 0.05) is 4.47 Å². The predicted octanol–water partition coefficient (Wildman–Crippen LogP) is -1.50. The van der Waals surface area contributed by atoms with Crippen LogP contribution in [0, 0.1) is 5.82 Å². The third-order valence-electron chi connectivity index (χ3n) is 1.16. The zero-order chi connectivity index (χ0) is 9.35. The van der Waals surface area contributed by atoms with Crippen LogP contribution in [-0.2, 0) is 10.1 Å². The van der Waals surface area contributed by atoms with E-state index in [0.29, 0.717) is 0 Å². The molecule has 0 saturated carbocycles. The average molecular weight is 277 g/mol. The predicted molar refractivity (Wildman–Crippen MR) is 42.1 cm³/mol. The van der Waals surface area contributed by atoms with E-state index in [1.807, 2.05) is 0 Å². The van der Waals surface area contributed by atoms with Crippen molar-refractivity contribution in [1.82, 2.24) is 0 Å². The third-order valence-corrected chi connectivity index (χ3v) is 2.98. The molecule has 0 aliphatic rings.